The molecule has 0 saturated heterocycles. The molecule has 14 aromatic rings. The summed E-state index contributed by atoms with van der Waals surface area (Å²) in [5.74, 6) is 0. The van der Waals surface area contributed by atoms with Crippen molar-refractivity contribution in [2.75, 3.05) is 0 Å². The molecule has 0 aliphatic carbocycles. The summed E-state index contributed by atoms with van der Waals surface area (Å²) in [5.41, 5.74) is 15.7. The molecule has 0 unspecified atom stereocenters. The molecule has 1 aliphatic heterocycles. The summed E-state index contributed by atoms with van der Waals surface area (Å²) in [6.07, 6.45) is 0. The predicted molar refractivity (Wildman–Crippen MR) is 288 cm³/mol. The van der Waals surface area contributed by atoms with Crippen LogP contribution >= 0.6 is 0 Å². The van der Waals surface area contributed by atoms with Gasteiger partial charge in [-0.2, -0.15) is 0 Å². The van der Waals surface area contributed by atoms with Gasteiger partial charge in [-0.1, -0.05) is 168 Å². The molecule has 15 rings (SSSR count). The zero-order valence-electron chi connectivity index (χ0n) is 36.4. The van der Waals surface area contributed by atoms with E-state index in [0.717, 1.165) is 16.6 Å². The van der Waals surface area contributed by atoms with Gasteiger partial charge in [-0.05, 0) is 154 Å². The quantitative estimate of drug-likeness (QED) is 0.127. The highest BCUT2D eigenvalue weighted by atomic mass is 28.2. The van der Waals surface area contributed by atoms with E-state index in [1.54, 1.807) is 0 Å². The first-order valence-electron chi connectivity index (χ1n) is 23.3. The second-order valence-electron chi connectivity index (χ2n) is 18.4. The molecule has 67 heavy (non-hydrogen) atoms. The minimum atomic E-state index is -0.753. The van der Waals surface area contributed by atoms with Crippen molar-refractivity contribution < 1.29 is 4.42 Å². The van der Waals surface area contributed by atoms with Gasteiger partial charge in [0, 0.05) is 27.2 Å². The number of para-hydroxylation sites is 1. The van der Waals surface area contributed by atoms with Gasteiger partial charge < -0.3 is 8.98 Å². The monoisotopic (exact) mass is 865 g/mol. The average Bonchev–Trinajstić information content (AvgIpc) is 4.06. The van der Waals surface area contributed by atoms with Crippen LogP contribution < -0.4 is 10.4 Å². The lowest BCUT2D eigenvalue weighted by Gasteiger charge is -2.13. The predicted octanol–water partition coefficient (Wildman–Crippen LogP) is 15.4. The average molecular weight is 866 g/mol. The number of rotatable bonds is 4. The van der Waals surface area contributed by atoms with Crippen molar-refractivity contribution in [3.05, 3.63) is 224 Å². The smallest absolute Gasteiger partial charge is 0.135 e. The molecule has 0 amide bonds. The van der Waals surface area contributed by atoms with Gasteiger partial charge in [0.25, 0.3) is 0 Å². The van der Waals surface area contributed by atoms with Crippen LogP contribution in [0.1, 0.15) is 0 Å². The van der Waals surface area contributed by atoms with E-state index >= 15 is 0 Å². The summed E-state index contributed by atoms with van der Waals surface area (Å²) < 4.78 is 8.69. The molecular weight excluding hydrogens is 827 g/mol. The second-order valence-corrected chi connectivity index (χ2v) is 20.3. The summed E-state index contributed by atoms with van der Waals surface area (Å²) in [4.78, 5) is 0. The lowest BCUT2D eigenvalue weighted by Crippen LogP contribution is -2.21. The molecule has 0 atom stereocenters. The highest BCUT2D eigenvalue weighted by Crippen LogP contribution is 2.43. The van der Waals surface area contributed by atoms with Crippen LogP contribution in [0.4, 0.5) is 0 Å². The maximum absolute atomic E-state index is 6.17. The number of aromatic nitrogens is 1. The second kappa shape index (κ2) is 14.0. The Balaban J connectivity index is 0.900. The first kappa shape index (κ1) is 36.8. The van der Waals surface area contributed by atoms with Crippen molar-refractivity contribution in [2.24, 2.45) is 0 Å². The van der Waals surface area contributed by atoms with Crippen molar-refractivity contribution in [2.45, 2.75) is 0 Å². The molecule has 3 heteroatoms. The van der Waals surface area contributed by atoms with Gasteiger partial charge in [-0.3, -0.25) is 0 Å². The van der Waals surface area contributed by atoms with Gasteiger partial charge in [-0.25, -0.2) is 0 Å². The molecule has 0 saturated carbocycles. The molecule has 12 aromatic carbocycles. The summed E-state index contributed by atoms with van der Waals surface area (Å²) in [6.45, 7) is 0. The van der Waals surface area contributed by atoms with E-state index in [2.05, 4.69) is 223 Å². The molecule has 310 valence electrons. The number of furan rings is 1. The number of hydrogen-bond donors (Lipinski definition) is 0. The molecule has 2 nitrogen and oxygen atoms in total. The van der Waals surface area contributed by atoms with Crippen molar-refractivity contribution in [1.82, 2.24) is 4.57 Å². The summed E-state index contributed by atoms with van der Waals surface area (Å²) in [6, 6.07) is 83.8. The normalized spacial score (nSPS) is 12.8. The van der Waals surface area contributed by atoms with E-state index in [1.165, 1.54) is 131 Å². The van der Waals surface area contributed by atoms with Gasteiger partial charge in [0.05, 0.1) is 20.6 Å². The number of hydrogen-bond acceptors (Lipinski definition) is 1. The third kappa shape index (κ3) is 5.50. The van der Waals surface area contributed by atoms with Crippen LogP contribution in [0.25, 0.3) is 137 Å². The van der Waals surface area contributed by atoms with Gasteiger partial charge >= 0.3 is 0 Å². The fraction of sp³-hybridized carbons (Fsp3) is 0. The SMILES string of the molecule is c1ccc2c(c1)cc(-c1ccc3c(c1)c1cc(-c4cc5ccccc5c5ccccc45)ccc1n3-c1ccc3c(c1)[SiH2]c1cc(-c4ccc5oc6ccccc6c5c4)ccc1-3)c1ccccc12. The Kier molecular flexibility index (Phi) is 7.69. The van der Waals surface area contributed by atoms with Crippen molar-refractivity contribution >= 4 is 107 Å². The van der Waals surface area contributed by atoms with Crippen LogP contribution in [0.5, 0.6) is 0 Å². The van der Waals surface area contributed by atoms with Crippen molar-refractivity contribution in [3.8, 4) is 50.2 Å². The maximum Gasteiger partial charge on any atom is 0.135 e. The van der Waals surface area contributed by atoms with E-state index in [1.807, 2.05) is 6.07 Å². The summed E-state index contributed by atoms with van der Waals surface area (Å²) >= 11 is 0. The van der Waals surface area contributed by atoms with Gasteiger partial charge in [0.1, 0.15) is 11.2 Å². The standard InChI is InChI=1S/C64H39NOSi/c1-3-13-45-40(11-1)32-54(49-17-7-5-15-47(45)49)42-22-28-59-56(34-42)57-35-43(55-33-41-12-2-4-14-46(41)48-16-6-8-18-50(48)55)23-29-60(57)65(59)44-25-27-53-52-26-21-39(36-63(52)67-64(53)37-44)38-24-30-62-58(31-38)51-19-9-10-20-61(51)66-62/h1-37H,67H2. The Hall–Kier alpha value is -8.50. The molecule has 0 fully saturated rings. The first-order chi connectivity index (χ1) is 33.2. The topological polar surface area (TPSA) is 18.1 Å². The van der Waals surface area contributed by atoms with Crippen LogP contribution in [0.2, 0.25) is 0 Å². The van der Waals surface area contributed by atoms with Gasteiger partial charge in [0.15, 0.2) is 0 Å². The molecular formula is C64H39NOSi. The lowest BCUT2D eigenvalue weighted by atomic mass is 9.92. The molecule has 3 heterocycles. The Bertz CT molecular complexity index is 4260. The van der Waals surface area contributed by atoms with E-state index in [0.29, 0.717) is 0 Å². The van der Waals surface area contributed by atoms with Gasteiger partial charge in [-0.15, -0.1) is 0 Å². The minimum Gasteiger partial charge on any atom is -0.456 e. The van der Waals surface area contributed by atoms with E-state index in [-0.39, 0.29) is 0 Å². The number of benzene rings is 12. The largest absolute Gasteiger partial charge is 0.456 e. The Morgan fingerprint density at radius 2 is 0.746 bits per heavy atom. The van der Waals surface area contributed by atoms with Gasteiger partial charge in [0.2, 0.25) is 0 Å². The van der Waals surface area contributed by atoms with E-state index < -0.39 is 9.52 Å². The van der Waals surface area contributed by atoms with Crippen LogP contribution in [0.3, 0.4) is 0 Å². The van der Waals surface area contributed by atoms with Crippen molar-refractivity contribution in [1.29, 1.82) is 0 Å². The van der Waals surface area contributed by atoms with E-state index in [9.17, 15) is 0 Å². The highest BCUT2D eigenvalue weighted by Gasteiger charge is 2.23. The van der Waals surface area contributed by atoms with Crippen LogP contribution in [-0.4, -0.2) is 14.1 Å². The number of nitrogens with zero attached hydrogens (tertiary/aromatic N) is 1. The first-order valence-corrected chi connectivity index (χ1v) is 24.7. The van der Waals surface area contributed by atoms with Crippen LogP contribution in [0.15, 0.2) is 229 Å². The number of fused-ring (bicyclic) bond motifs is 15. The summed E-state index contributed by atoms with van der Waals surface area (Å²) in [7, 11) is -0.753. The third-order valence-corrected chi connectivity index (χ3v) is 16.7. The highest BCUT2D eigenvalue weighted by molar-refractivity contribution is 6.73. The third-order valence-electron chi connectivity index (χ3n) is 14.8. The molecule has 0 N–H and O–H groups in total. The zero-order valence-corrected chi connectivity index (χ0v) is 37.8. The minimum absolute atomic E-state index is 0.753. The maximum atomic E-state index is 6.17. The summed E-state index contributed by atoms with van der Waals surface area (Å²) in [5, 5.41) is 18.0. The molecule has 0 bridgehead atoms. The fourth-order valence-corrected chi connectivity index (χ4v) is 13.7. The Morgan fingerprint density at radius 1 is 0.284 bits per heavy atom. The van der Waals surface area contributed by atoms with Crippen molar-refractivity contribution in [3.63, 3.8) is 0 Å². The van der Waals surface area contributed by atoms with E-state index in [4.69, 9.17) is 4.42 Å². The van der Waals surface area contributed by atoms with Crippen LogP contribution in [0, 0.1) is 0 Å². The Morgan fingerprint density at radius 3 is 1.39 bits per heavy atom. The molecule has 2 aromatic heterocycles. The molecule has 0 radical (unpaired) electrons. The fourth-order valence-electron chi connectivity index (χ4n) is 11.6. The lowest BCUT2D eigenvalue weighted by molar-refractivity contribution is 0.669. The zero-order chi connectivity index (χ0) is 43.7. The van der Waals surface area contributed by atoms with Crippen LogP contribution in [-0.2, 0) is 0 Å². The molecule has 1 aliphatic rings. The Labute approximate surface area is 388 Å². The molecule has 0 spiro atoms.